The second-order valence-corrected chi connectivity index (χ2v) is 7.29. The van der Waals surface area contributed by atoms with Gasteiger partial charge >= 0.3 is 0 Å². The number of aryl methyl sites for hydroxylation is 4. The van der Waals surface area contributed by atoms with Gasteiger partial charge in [-0.1, -0.05) is 13.8 Å². The first-order chi connectivity index (χ1) is 12.0. The Morgan fingerprint density at radius 2 is 1.88 bits per heavy atom. The van der Waals surface area contributed by atoms with Crippen LogP contribution in [-0.4, -0.2) is 27.3 Å². The van der Waals surface area contributed by atoms with Crippen LogP contribution in [0.2, 0.25) is 0 Å². The summed E-state index contributed by atoms with van der Waals surface area (Å²) in [5.41, 5.74) is 4.78. The maximum absolute atomic E-state index is 4.78. The zero-order valence-electron chi connectivity index (χ0n) is 16.6. The van der Waals surface area contributed by atoms with Gasteiger partial charge in [0.2, 0.25) is 0 Å². The van der Waals surface area contributed by atoms with Gasteiger partial charge in [-0.15, -0.1) is 35.3 Å². The third-order valence-electron chi connectivity index (χ3n) is 4.25. The molecule has 0 radical (unpaired) electrons. The summed E-state index contributed by atoms with van der Waals surface area (Å²) >= 11 is 1.73. The van der Waals surface area contributed by atoms with Crippen LogP contribution in [0, 0.1) is 13.8 Å². The number of nitrogens with zero attached hydrogens (tertiary/aromatic N) is 4. The van der Waals surface area contributed by atoms with E-state index < -0.39 is 0 Å². The Kier molecular flexibility index (Phi) is 9.56. The lowest BCUT2D eigenvalue weighted by molar-refractivity contribution is 0.703. The second kappa shape index (κ2) is 10.9. The number of thiazole rings is 1. The van der Waals surface area contributed by atoms with Crippen molar-refractivity contribution in [2.45, 2.75) is 60.5 Å². The quantitative estimate of drug-likeness (QED) is 0.354. The van der Waals surface area contributed by atoms with E-state index in [0.717, 1.165) is 41.7 Å². The molecule has 0 aliphatic rings. The SMILES string of the molecule is CCNC(=NCc1c(CC)nn(C)c1CC)NCc1nc(C)c(C)s1.I. The van der Waals surface area contributed by atoms with E-state index in [0.29, 0.717) is 13.1 Å². The summed E-state index contributed by atoms with van der Waals surface area (Å²) in [5, 5.41) is 12.4. The van der Waals surface area contributed by atoms with Crippen molar-refractivity contribution in [3.8, 4) is 0 Å². The fraction of sp³-hybridized carbons (Fsp3) is 0.611. The smallest absolute Gasteiger partial charge is 0.191 e. The molecule has 2 aromatic rings. The Labute approximate surface area is 177 Å². The summed E-state index contributed by atoms with van der Waals surface area (Å²) in [6, 6.07) is 0. The first-order valence-corrected chi connectivity index (χ1v) is 9.80. The van der Waals surface area contributed by atoms with Crippen molar-refractivity contribution >= 4 is 41.3 Å². The van der Waals surface area contributed by atoms with Gasteiger partial charge in [-0.05, 0) is 33.6 Å². The highest BCUT2D eigenvalue weighted by Crippen LogP contribution is 2.17. The number of aliphatic imine (C=N–C) groups is 1. The van der Waals surface area contributed by atoms with E-state index in [-0.39, 0.29) is 24.0 Å². The molecule has 26 heavy (non-hydrogen) atoms. The average molecular weight is 490 g/mol. The molecule has 8 heteroatoms. The fourth-order valence-corrected chi connectivity index (χ4v) is 3.72. The molecule has 6 nitrogen and oxygen atoms in total. The largest absolute Gasteiger partial charge is 0.357 e. The number of rotatable bonds is 7. The van der Waals surface area contributed by atoms with E-state index in [1.165, 1.54) is 16.1 Å². The Morgan fingerprint density at radius 1 is 1.15 bits per heavy atom. The van der Waals surface area contributed by atoms with E-state index in [9.17, 15) is 0 Å². The van der Waals surface area contributed by atoms with Crippen LogP contribution in [0.25, 0.3) is 0 Å². The molecule has 0 bridgehead atoms. The lowest BCUT2D eigenvalue weighted by Crippen LogP contribution is -2.36. The Morgan fingerprint density at radius 3 is 2.42 bits per heavy atom. The highest BCUT2D eigenvalue weighted by Gasteiger charge is 2.13. The van der Waals surface area contributed by atoms with Crippen LogP contribution < -0.4 is 10.6 Å². The molecule has 2 heterocycles. The Bertz CT molecular complexity index is 715. The van der Waals surface area contributed by atoms with Crippen LogP contribution in [0.3, 0.4) is 0 Å². The van der Waals surface area contributed by atoms with Crippen LogP contribution >= 0.6 is 35.3 Å². The number of nitrogens with one attached hydrogen (secondary N) is 2. The molecule has 0 unspecified atom stereocenters. The minimum atomic E-state index is 0. The molecule has 0 fully saturated rings. The number of guanidine groups is 1. The van der Waals surface area contributed by atoms with E-state index in [1.807, 2.05) is 11.7 Å². The number of hydrogen-bond donors (Lipinski definition) is 2. The van der Waals surface area contributed by atoms with Crippen molar-refractivity contribution in [3.63, 3.8) is 0 Å². The van der Waals surface area contributed by atoms with Gasteiger partial charge in [0, 0.05) is 29.7 Å². The summed E-state index contributed by atoms with van der Waals surface area (Å²) in [6.07, 6.45) is 1.90. The molecule has 0 aliphatic carbocycles. The Balaban J connectivity index is 0.00000338. The predicted octanol–water partition coefficient (Wildman–Crippen LogP) is 3.49. The molecule has 2 rings (SSSR count). The molecule has 146 valence electrons. The highest BCUT2D eigenvalue weighted by molar-refractivity contribution is 14.0. The van der Waals surface area contributed by atoms with E-state index in [2.05, 4.69) is 55.3 Å². The zero-order valence-corrected chi connectivity index (χ0v) is 19.8. The summed E-state index contributed by atoms with van der Waals surface area (Å²) in [7, 11) is 2.02. The molecule has 2 N–H and O–H groups in total. The van der Waals surface area contributed by atoms with E-state index in [4.69, 9.17) is 4.99 Å². The fourth-order valence-electron chi connectivity index (χ4n) is 2.85. The van der Waals surface area contributed by atoms with Crippen LogP contribution in [0.5, 0.6) is 0 Å². The molecule has 0 saturated carbocycles. The lowest BCUT2D eigenvalue weighted by Gasteiger charge is -2.10. The molecule has 0 amide bonds. The van der Waals surface area contributed by atoms with Crippen molar-refractivity contribution in [3.05, 3.63) is 32.5 Å². The van der Waals surface area contributed by atoms with Crippen LogP contribution in [-0.2, 0) is 33.0 Å². The number of halogens is 1. The van der Waals surface area contributed by atoms with Gasteiger partial charge in [0.15, 0.2) is 5.96 Å². The van der Waals surface area contributed by atoms with Crippen LogP contribution in [0.1, 0.15) is 53.3 Å². The van der Waals surface area contributed by atoms with Crippen LogP contribution in [0.15, 0.2) is 4.99 Å². The van der Waals surface area contributed by atoms with E-state index >= 15 is 0 Å². The maximum Gasteiger partial charge on any atom is 0.191 e. The minimum Gasteiger partial charge on any atom is -0.357 e. The summed E-state index contributed by atoms with van der Waals surface area (Å²) in [5.74, 6) is 0.820. The van der Waals surface area contributed by atoms with Crippen molar-refractivity contribution in [2.24, 2.45) is 12.0 Å². The Hall–Kier alpha value is -1.16. The molecule has 2 aromatic heterocycles. The highest BCUT2D eigenvalue weighted by atomic mass is 127. The molecular weight excluding hydrogens is 459 g/mol. The van der Waals surface area contributed by atoms with Crippen molar-refractivity contribution in [2.75, 3.05) is 6.54 Å². The molecule has 0 saturated heterocycles. The minimum absolute atomic E-state index is 0. The molecule has 0 aromatic carbocycles. The molecular formula is C18H31IN6S. The van der Waals surface area contributed by atoms with Gasteiger partial charge in [-0.2, -0.15) is 5.10 Å². The number of aromatic nitrogens is 3. The van der Waals surface area contributed by atoms with Gasteiger partial charge in [0.25, 0.3) is 0 Å². The monoisotopic (exact) mass is 490 g/mol. The molecule has 0 atom stereocenters. The zero-order chi connectivity index (χ0) is 18.4. The van der Waals surface area contributed by atoms with Crippen LogP contribution in [0.4, 0.5) is 0 Å². The molecule has 0 spiro atoms. The standard InChI is InChI=1S/C18H30N6S.HI/c1-7-15-14(16(8-2)24(6)23-15)10-20-18(19-9-3)21-11-17-22-12(4)13(5)25-17;/h7-11H2,1-6H3,(H2,19,20,21);1H. The first-order valence-electron chi connectivity index (χ1n) is 8.98. The van der Waals surface area contributed by atoms with Gasteiger partial charge in [0.05, 0.1) is 24.5 Å². The summed E-state index contributed by atoms with van der Waals surface area (Å²) < 4.78 is 1.99. The third-order valence-corrected chi connectivity index (χ3v) is 5.32. The third kappa shape index (κ3) is 5.67. The average Bonchev–Trinajstić information content (AvgIpc) is 3.08. The molecule has 0 aliphatic heterocycles. The van der Waals surface area contributed by atoms with Crippen molar-refractivity contribution in [1.82, 2.24) is 25.4 Å². The van der Waals surface area contributed by atoms with Gasteiger partial charge in [-0.25, -0.2) is 9.98 Å². The van der Waals surface area contributed by atoms with Gasteiger partial charge in [0.1, 0.15) is 5.01 Å². The second-order valence-electron chi connectivity index (χ2n) is 6.00. The predicted molar refractivity (Wildman–Crippen MR) is 121 cm³/mol. The van der Waals surface area contributed by atoms with Crippen molar-refractivity contribution < 1.29 is 0 Å². The summed E-state index contributed by atoms with van der Waals surface area (Å²) in [6.45, 7) is 12.7. The van der Waals surface area contributed by atoms with Gasteiger partial charge < -0.3 is 10.6 Å². The number of hydrogen-bond acceptors (Lipinski definition) is 4. The topological polar surface area (TPSA) is 67.1 Å². The van der Waals surface area contributed by atoms with Crippen molar-refractivity contribution in [1.29, 1.82) is 0 Å². The van der Waals surface area contributed by atoms with E-state index in [1.54, 1.807) is 11.3 Å². The lowest BCUT2D eigenvalue weighted by atomic mass is 10.1. The maximum atomic E-state index is 4.78. The normalized spacial score (nSPS) is 11.4. The first kappa shape index (κ1) is 22.9. The van der Waals surface area contributed by atoms with Gasteiger partial charge in [-0.3, -0.25) is 4.68 Å². The summed E-state index contributed by atoms with van der Waals surface area (Å²) in [4.78, 5) is 10.6.